The van der Waals surface area contributed by atoms with E-state index in [0.29, 0.717) is 0 Å². The van der Waals surface area contributed by atoms with Crippen molar-refractivity contribution in [2.75, 3.05) is 0 Å². The molecule has 5 heteroatoms. The van der Waals surface area contributed by atoms with E-state index in [1.54, 1.807) is 11.3 Å². The fourth-order valence-electron chi connectivity index (χ4n) is 2.41. The molecule has 0 atom stereocenters. The Morgan fingerprint density at radius 1 is 1.35 bits per heavy atom. The molecule has 0 unspecified atom stereocenters. The maximum absolute atomic E-state index is 5.46. The summed E-state index contributed by atoms with van der Waals surface area (Å²) in [6, 6.07) is 8.32. The van der Waals surface area contributed by atoms with E-state index in [4.69, 9.17) is 12.2 Å². The number of hydrogen-bond donors (Lipinski definition) is 1. The molecule has 0 amide bonds. The molecular weight excluding hydrogens is 286 g/mol. The molecule has 3 aromatic heterocycles. The average Bonchev–Trinajstić information content (AvgIpc) is 3.00. The summed E-state index contributed by atoms with van der Waals surface area (Å²) < 4.78 is 2.85. The van der Waals surface area contributed by atoms with Gasteiger partial charge in [-0.3, -0.25) is 0 Å². The van der Waals surface area contributed by atoms with Crippen LogP contribution >= 0.6 is 23.6 Å². The fraction of sp³-hybridized carbons (Fsp3) is 0.333. The Morgan fingerprint density at radius 3 is 2.85 bits per heavy atom. The number of pyridine rings is 1. The molecule has 0 aliphatic carbocycles. The van der Waals surface area contributed by atoms with Gasteiger partial charge < -0.3 is 9.55 Å². The Morgan fingerprint density at radius 2 is 2.15 bits per heavy atom. The normalized spacial score (nSPS) is 12.2. The van der Waals surface area contributed by atoms with Gasteiger partial charge in [-0.05, 0) is 42.7 Å². The number of aromatic amines is 1. The number of thiophene rings is 1. The first-order chi connectivity index (χ1) is 9.47. The van der Waals surface area contributed by atoms with Gasteiger partial charge in [0.05, 0.1) is 5.52 Å². The van der Waals surface area contributed by atoms with Crippen LogP contribution in [0.25, 0.3) is 11.2 Å². The maximum Gasteiger partial charge on any atom is 0.179 e. The van der Waals surface area contributed by atoms with E-state index in [-0.39, 0.29) is 5.41 Å². The summed E-state index contributed by atoms with van der Waals surface area (Å²) in [7, 11) is 0. The minimum absolute atomic E-state index is 0.0347. The number of aryl methyl sites for hydroxylation is 1. The largest absolute Gasteiger partial charge is 0.329 e. The lowest BCUT2D eigenvalue weighted by Crippen LogP contribution is -2.23. The van der Waals surface area contributed by atoms with Crippen LogP contribution in [0.15, 0.2) is 29.6 Å². The van der Waals surface area contributed by atoms with E-state index < -0.39 is 0 Å². The van der Waals surface area contributed by atoms with Gasteiger partial charge in [0.15, 0.2) is 10.4 Å². The second-order valence-electron chi connectivity index (χ2n) is 5.70. The molecule has 1 N–H and O–H groups in total. The first-order valence-electron chi connectivity index (χ1n) is 6.57. The lowest BCUT2D eigenvalue weighted by atomic mass is 9.91. The molecule has 20 heavy (non-hydrogen) atoms. The van der Waals surface area contributed by atoms with Crippen molar-refractivity contribution in [1.82, 2.24) is 14.5 Å². The van der Waals surface area contributed by atoms with Crippen molar-refractivity contribution in [3.8, 4) is 0 Å². The van der Waals surface area contributed by atoms with E-state index in [9.17, 15) is 0 Å². The van der Waals surface area contributed by atoms with Gasteiger partial charge in [-0.2, -0.15) is 0 Å². The van der Waals surface area contributed by atoms with E-state index in [0.717, 1.165) is 28.2 Å². The molecule has 0 aliphatic heterocycles. The second-order valence-corrected chi connectivity index (χ2v) is 7.04. The van der Waals surface area contributed by atoms with Crippen molar-refractivity contribution in [3.63, 3.8) is 0 Å². The highest BCUT2D eigenvalue weighted by Gasteiger charge is 2.24. The topological polar surface area (TPSA) is 33.6 Å². The quantitative estimate of drug-likeness (QED) is 0.726. The minimum Gasteiger partial charge on any atom is -0.329 e. The molecule has 0 aromatic carbocycles. The van der Waals surface area contributed by atoms with Gasteiger partial charge in [-0.1, -0.05) is 19.9 Å². The minimum atomic E-state index is 0.0347. The molecule has 3 rings (SSSR count). The van der Waals surface area contributed by atoms with Gasteiger partial charge in [0.1, 0.15) is 0 Å². The smallest absolute Gasteiger partial charge is 0.179 e. The molecule has 3 heterocycles. The standard InChI is InChI=1S/C15H17N3S2/c1-10-6-7-11-13(16-10)18(14(19)17-11)9-15(2,3)12-5-4-8-20-12/h4-8H,9H2,1-3H3,(H,17,19). The number of hydrogen-bond acceptors (Lipinski definition) is 3. The Balaban J connectivity index is 2.09. The third-order valence-corrected chi connectivity index (χ3v) is 5.06. The van der Waals surface area contributed by atoms with Crippen LogP contribution in [-0.2, 0) is 12.0 Å². The van der Waals surface area contributed by atoms with E-state index >= 15 is 0 Å². The molecule has 0 radical (unpaired) electrons. The van der Waals surface area contributed by atoms with Crippen LogP contribution in [0, 0.1) is 11.7 Å². The number of imidazole rings is 1. The summed E-state index contributed by atoms with van der Waals surface area (Å²) in [6.45, 7) is 7.32. The first-order valence-corrected chi connectivity index (χ1v) is 7.86. The highest BCUT2D eigenvalue weighted by Crippen LogP contribution is 2.30. The van der Waals surface area contributed by atoms with Crippen LogP contribution in [-0.4, -0.2) is 14.5 Å². The van der Waals surface area contributed by atoms with Crippen LogP contribution in [0.4, 0.5) is 0 Å². The van der Waals surface area contributed by atoms with Crippen molar-refractivity contribution in [1.29, 1.82) is 0 Å². The van der Waals surface area contributed by atoms with Gasteiger partial charge >= 0.3 is 0 Å². The SMILES string of the molecule is Cc1ccc2[nH]c(=S)n(CC(C)(C)c3cccs3)c2n1. The zero-order valence-electron chi connectivity index (χ0n) is 11.8. The van der Waals surface area contributed by atoms with Gasteiger partial charge in [-0.15, -0.1) is 11.3 Å². The molecule has 3 nitrogen and oxygen atoms in total. The van der Waals surface area contributed by atoms with Crippen molar-refractivity contribution in [2.45, 2.75) is 32.7 Å². The number of fused-ring (bicyclic) bond motifs is 1. The van der Waals surface area contributed by atoms with Crippen molar-refractivity contribution in [2.24, 2.45) is 0 Å². The summed E-state index contributed by atoms with van der Waals surface area (Å²) in [4.78, 5) is 9.23. The second kappa shape index (κ2) is 4.82. The van der Waals surface area contributed by atoms with E-state index in [1.807, 2.05) is 19.1 Å². The summed E-state index contributed by atoms with van der Waals surface area (Å²) >= 11 is 7.25. The highest BCUT2D eigenvalue weighted by atomic mass is 32.1. The van der Waals surface area contributed by atoms with Crippen LogP contribution in [0.1, 0.15) is 24.4 Å². The van der Waals surface area contributed by atoms with Crippen LogP contribution in [0.3, 0.4) is 0 Å². The van der Waals surface area contributed by atoms with E-state index in [2.05, 4.69) is 45.9 Å². The van der Waals surface area contributed by atoms with Crippen molar-refractivity contribution >= 4 is 34.7 Å². The molecule has 0 aliphatic rings. The average molecular weight is 303 g/mol. The van der Waals surface area contributed by atoms with Crippen LogP contribution < -0.4 is 0 Å². The van der Waals surface area contributed by atoms with Gasteiger partial charge in [0, 0.05) is 22.5 Å². The van der Waals surface area contributed by atoms with Gasteiger partial charge in [0.25, 0.3) is 0 Å². The number of aromatic nitrogens is 3. The predicted molar refractivity (Wildman–Crippen MR) is 87.0 cm³/mol. The highest BCUT2D eigenvalue weighted by molar-refractivity contribution is 7.71. The number of H-pyrrole nitrogens is 1. The number of nitrogens with zero attached hydrogens (tertiary/aromatic N) is 2. The molecule has 0 fully saturated rings. The lowest BCUT2D eigenvalue weighted by molar-refractivity contribution is 0.445. The Hall–Kier alpha value is -1.46. The zero-order chi connectivity index (χ0) is 14.3. The van der Waals surface area contributed by atoms with Gasteiger partial charge in [0.2, 0.25) is 0 Å². The molecule has 0 spiro atoms. The summed E-state index contributed by atoms with van der Waals surface area (Å²) in [5.74, 6) is 0. The monoisotopic (exact) mass is 303 g/mol. The summed E-state index contributed by atoms with van der Waals surface area (Å²) in [6.07, 6.45) is 0. The first kappa shape index (κ1) is 13.5. The van der Waals surface area contributed by atoms with Crippen molar-refractivity contribution < 1.29 is 0 Å². The Kier molecular flexibility index (Phi) is 3.26. The Labute approximate surface area is 127 Å². The zero-order valence-corrected chi connectivity index (χ0v) is 13.4. The Bertz CT molecular complexity index is 794. The summed E-state index contributed by atoms with van der Waals surface area (Å²) in [5.41, 5.74) is 2.99. The molecule has 0 saturated heterocycles. The van der Waals surface area contributed by atoms with E-state index in [1.165, 1.54) is 4.88 Å². The molecule has 0 bridgehead atoms. The lowest BCUT2D eigenvalue weighted by Gasteiger charge is -2.24. The number of nitrogens with one attached hydrogen (secondary N) is 1. The van der Waals surface area contributed by atoms with Crippen LogP contribution in [0.5, 0.6) is 0 Å². The van der Waals surface area contributed by atoms with Crippen molar-refractivity contribution in [3.05, 3.63) is 45.0 Å². The molecule has 3 aromatic rings. The predicted octanol–water partition coefficient (Wildman–Crippen LogP) is 4.44. The third kappa shape index (κ3) is 2.31. The number of rotatable bonds is 3. The maximum atomic E-state index is 5.46. The van der Waals surface area contributed by atoms with Crippen LogP contribution in [0.2, 0.25) is 0 Å². The van der Waals surface area contributed by atoms with Gasteiger partial charge in [-0.25, -0.2) is 4.98 Å². The molecular formula is C15H17N3S2. The fourth-order valence-corrected chi connectivity index (χ4v) is 3.51. The summed E-state index contributed by atoms with van der Waals surface area (Å²) in [5, 5.41) is 2.12. The molecule has 104 valence electrons. The third-order valence-electron chi connectivity index (χ3n) is 3.50. The molecule has 0 saturated carbocycles.